The van der Waals surface area contributed by atoms with E-state index in [-0.39, 0.29) is 16.5 Å². The molecule has 2 nitrogen and oxygen atoms in total. The maximum Gasteiger partial charge on any atom is 0.254 e. The van der Waals surface area contributed by atoms with E-state index in [4.69, 9.17) is 34.8 Å². The van der Waals surface area contributed by atoms with Crippen LogP contribution in [-0.2, 0) is 6.42 Å². The lowest BCUT2D eigenvalue weighted by Crippen LogP contribution is -2.26. The van der Waals surface area contributed by atoms with Gasteiger partial charge in [-0.15, -0.1) is 11.3 Å². The van der Waals surface area contributed by atoms with Crippen LogP contribution < -0.4 is 5.32 Å². The van der Waals surface area contributed by atoms with E-state index >= 15 is 0 Å². The summed E-state index contributed by atoms with van der Waals surface area (Å²) in [6.07, 6.45) is 0.777. The number of amides is 1. The second-order valence-electron chi connectivity index (χ2n) is 3.80. The molecule has 19 heavy (non-hydrogen) atoms. The normalized spacial score (nSPS) is 10.5. The van der Waals surface area contributed by atoms with Gasteiger partial charge in [-0.1, -0.05) is 40.9 Å². The van der Waals surface area contributed by atoms with Gasteiger partial charge in [0.1, 0.15) is 0 Å². The Kier molecular flexibility index (Phi) is 5.11. The van der Waals surface area contributed by atoms with Crippen LogP contribution in [-0.4, -0.2) is 12.5 Å². The molecule has 2 aromatic rings. The van der Waals surface area contributed by atoms with Gasteiger partial charge in [-0.25, -0.2) is 0 Å². The standard InChI is InChI=1S/C13H10Cl3NOS/c14-9-3-4-10(15)12(16)11(9)13(18)17-6-5-8-2-1-7-19-8/h1-4,7H,5-6H2,(H,17,18). The lowest BCUT2D eigenvalue weighted by molar-refractivity contribution is 0.0954. The molecule has 1 aromatic carbocycles. The maximum atomic E-state index is 12.0. The third kappa shape index (κ3) is 3.63. The highest BCUT2D eigenvalue weighted by atomic mass is 35.5. The van der Waals surface area contributed by atoms with Crippen molar-refractivity contribution < 1.29 is 4.79 Å². The van der Waals surface area contributed by atoms with Crippen LogP contribution in [0.2, 0.25) is 15.1 Å². The fraction of sp³-hybridized carbons (Fsp3) is 0.154. The van der Waals surface area contributed by atoms with Crippen molar-refractivity contribution in [3.8, 4) is 0 Å². The Balaban J connectivity index is 2.02. The number of halogens is 3. The predicted molar refractivity (Wildman–Crippen MR) is 81.8 cm³/mol. The molecule has 2 rings (SSSR count). The van der Waals surface area contributed by atoms with Gasteiger partial charge in [-0.05, 0) is 30.0 Å². The highest BCUT2D eigenvalue weighted by Gasteiger charge is 2.16. The Labute approximate surface area is 130 Å². The fourth-order valence-electron chi connectivity index (χ4n) is 1.58. The largest absolute Gasteiger partial charge is 0.352 e. The Hall–Kier alpha value is -0.740. The number of hydrogen-bond acceptors (Lipinski definition) is 2. The van der Waals surface area contributed by atoms with Crippen LogP contribution in [0.3, 0.4) is 0 Å². The van der Waals surface area contributed by atoms with Crippen molar-refractivity contribution in [2.45, 2.75) is 6.42 Å². The highest BCUT2D eigenvalue weighted by molar-refractivity contribution is 7.09. The molecule has 0 radical (unpaired) electrons. The minimum atomic E-state index is -0.311. The van der Waals surface area contributed by atoms with Crippen molar-refractivity contribution in [1.82, 2.24) is 5.32 Å². The van der Waals surface area contributed by atoms with Crippen LogP contribution in [0.4, 0.5) is 0 Å². The Bertz CT molecular complexity index is 584. The monoisotopic (exact) mass is 333 g/mol. The minimum absolute atomic E-state index is 0.183. The third-order valence-electron chi connectivity index (χ3n) is 2.51. The first-order valence-corrected chi connectivity index (χ1v) is 7.55. The summed E-state index contributed by atoms with van der Waals surface area (Å²) in [6.45, 7) is 0.526. The van der Waals surface area contributed by atoms with Crippen molar-refractivity contribution in [2.75, 3.05) is 6.54 Å². The molecule has 0 aliphatic rings. The molecule has 0 atom stereocenters. The van der Waals surface area contributed by atoms with Crippen LogP contribution in [0.1, 0.15) is 15.2 Å². The summed E-state index contributed by atoms with van der Waals surface area (Å²) in [4.78, 5) is 13.2. The number of nitrogens with one attached hydrogen (secondary N) is 1. The van der Waals surface area contributed by atoms with E-state index in [0.717, 1.165) is 6.42 Å². The van der Waals surface area contributed by atoms with Crippen LogP contribution in [0.15, 0.2) is 29.6 Å². The van der Waals surface area contributed by atoms with E-state index in [1.54, 1.807) is 23.5 Å². The summed E-state index contributed by atoms with van der Waals surface area (Å²) in [6, 6.07) is 7.13. The quantitative estimate of drug-likeness (QED) is 0.808. The van der Waals surface area contributed by atoms with E-state index in [1.807, 2.05) is 17.5 Å². The van der Waals surface area contributed by atoms with Crippen LogP contribution >= 0.6 is 46.1 Å². The zero-order valence-corrected chi connectivity index (χ0v) is 12.8. The number of benzene rings is 1. The number of carbonyl (C=O) groups excluding carboxylic acids is 1. The topological polar surface area (TPSA) is 29.1 Å². The molecule has 0 aliphatic heterocycles. The predicted octanol–water partition coefficient (Wildman–Crippen LogP) is 4.68. The molecule has 0 saturated heterocycles. The third-order valence-corrected chi connectivity index (χ3v) is 4.56. The molecular weight excluding hydrogens is 325 g/mol. The molecule has 0 saturated carbocycles. The van der Waals surface area contributed by atoms with E-state index in [9.17, 15) is 4.79 Å². The summed E-state index contributed by atoms with van der Waals surface area (Å²) in [5.41, 5.74) is 0.224. The van der Waals surface area contributed by atoms with Crippen LogP contribution in [0.25, 0.3) is 0 Å². The summed E-state index contributed by atoms with van der Waals surface area (Å²) in [7, 11) is 0. The second kappa shape index (κ2) is 6.62. The van der Waals surface area contributed by atoms with Crippen molar-refractivity contribution >= 4 is 52.0 Å². The van der Waals surface area contributed by atoms with Crippen LogP contribution in [0.5, 0.6) is 0 Å². The molecule has 6 heteroatoms. The zero-order valence-electron chi connectivity index (χ0n) is 9.75. The fourth-order valence-corrected chi connectivity index (χ4v) is 2.99. The van der Waals surface area contributed by atoms with Gasteiger partial charge in [-0.2, -0.15) is 0 Å². The molecule has 0 unspecified atom stereocenters. The lowest BCUT2D eigenvalue weighted by atomic mass is 10.2. The molecule has 0 fully saturated rings. The smallest absolute Gasteiger partial charge is 0.254 e. The number of rotatable bonds is 4. The number of carbonyl (C=O) groups is 1. The average molecular weight is 335 g/mol. The van der Waals surface area contributed by atoms with Crippen molar-refractivity contribution in [1.29, 1.82) is 0 Å². The number of thiophene rings is 1. The summed E-state index contributed by atoms with van der Waals surface area (Å²) in [5.74, 6) is -0.311. The van der Waals surface area contributed by atoms with Crippen molar-refractivity contribution in [2.24, 2.45) is 0 Å². The van der Waals surface area contributed by atoms with Gasteiger partial charge in [-0.3, -0.25) is 4.79 Å². The molecule has 1 amide bonds. The van der Waals surface area contributed by atoms with Crippen molar-refractivity contribution in [3.63, 3.8) is 0 Å². The highest BCUT2D eigenvalue weighted by Crippen LogP contribution is 2.31. The van der Waals surface area contributed by atoms with E-state index < -0.39 is 0 Å². The summed E-state index contributed by atoms with van der Waals surface area (Å²) < 4.78 is 0. The van der Waals surface area contributed by atoms with Gasteiger partial charge in [0.15, 0.2) is 0 Å². The van der Waals surface area contributed by atoms with E-state index in [0.29, 0.717) is 16.6 Å². The van der Waals surface area contributed by atoms with Gasteiger partial charge >= 0.3 is 0 Å². The Morgan fingerprint density at radius 3 is 2.58 bits per heavy atom. The second-order valence-corrected chi connectivity index (χ2v) is 6.03. The molecule has 1 N–H and O–H groups in total. The average Bonchev–Trinajstić information content (AvgIpc) is 2.87. The van der Waals surface area contributed by atoms with E-state index in [1.165, 1.54) is 4.88 Å². The molecule has 0 aliphatic carbocycles. The molecule has 0 spiro atoms. The van der Waals surface area contributed by atoms with Crippen LogP contribution in [0, 0.1) is 0 Å². The Morgan fingerprint density at radius 2 is 1.89 bits per heavy atom. The van der Waals surface area contributed by atoms with Gasteiger partial charge in [0, 0.05) is 11.4 Å². The molecule has 1 aromatic heterocycles. The van der Waals surface area contributed by atoms with Gasteiger partial charge in [0.05, 0.1) is 20.6 Å². The minimum Gasteiger partial charge on any atom is -0.352 e. The van der Waals surface area contributed by atoms with Gasteiger partial charge in [0.2, 0.25) is 0 Å². The summed E-state index contributed by atoms with van der Waals surface area (Å²) in [5, 5.41) is 5.58. The maximum absolute atomic E-state index is 12.0. The SMILES string of the molecule is O=C(NCCc1cccs1)c1c(Cl)ccc(Cl)c1Cl. The zero-order chi connectivity index (χ0) is 13.8. The van der Waals surface area contributed by atoms with Gasteiger partial charge < -0.3 is 5.32 Å². The summed E-state index contributed by atoms with van der Waals surface area (Å²) >= 11 is 19.5. The Morgan fingerprint density at radius 1 is 1.16 bits per heavy atom. The first kappa shape index (κ1) is 14.7. The number of hydrogen-bond donors (Lipinski definition) is 1. The molecule has 0 bridgehead atoms. The van der Waals surface area contributed by atoms with E-state index in [2.05, 4.69) is 5.32 Å². The molecule has 100 valence electrons. The molecule has 1 heterocycles. The van der Waals surface area contributed by atoms with Crippen molar-refractivity contribution in [3.05, 3.63) is 55.2 Å². The lowest BCUT2D eigenvalue weighted by Gasteiger charge is -2.09. The van der Waals surface area contributed by atoms with Gasteiger partial charge in [0.25, 0.3) is 5.91 Å². The molecular formula is C13H10Cl3NOS. The first-order valence-electron chi connectivity index (χ1n) is 5.53. The first-order chi connectivity index (χ1) is 9.09.